The van der Waals surface area contributed by atoms with E-state index in [1.165, 1.54) is 0 Å². The summed E-state index contributed by atoms with van der Waals surface area (Å²) in [5, 5.41) is 0.634. The predicted octanol–water partition coefficient (Wildman–Crippen LogP) is 1.40. The molecule has 0 fully saturated rings. The van der Waals surface area contributed by atoms with E-state index in [0.717, 1.165) is 0 Å². The van der Waals surface area contributed by atoms with Crippen LogP contribution in [0.1, 0.15) is 0 Å². The molecule has 0 aromatic heterocycles. The van der Waals surface area contributed by atoms with Gasteiger partial charge in [0, 0.05) is 11.1 Å². The predicted molar refractivity (Wildman–Crippen MR) is 45.6 cm³/mol. The largest absolute Gasteiger partial charge is 0.450 e. The highest BCUT2D eigenvalue weighted by molar-refractivity contribution is 6.30. The van der Waals surface area contributed by atoms with Crippen LogP contribution in [-0.4, -0.2) is 12.8 Å². The molecule has 0 amide bonds. The third-order valence-electron chi connectivity index (χ3n) is 1.62. The summed E-state index contributed by atoms with van der Waals surface area (Å²) in [6.07, 6.45) is -0.363. The SMILES string of the molecule is NCC1Oc2ccc(Cl)cc2O1. The van der Waals surface area contributed by atoms with E-state index in [1.807, 2.05) is 0 Å². The van der Waals surface area contributed by atoms with Gasteiger partial charge < -0.3 is 15.2 Å². The van der Waals surface area contributed by atoms with E-state index < -0.39 is 0 Å². The molecule has 0 saturated heterocycles. The molecule has 1 aliphatic heterocycles. The van der Waals surface area contributed by atoms with Gasteiger partial charge in [0.05, 0.1) is 6.54 Å². The lowest BCUT2D eigenvalue weighted by Gasteiger charge is -2.04. The Labute approximate surface area is 75.0 Å². The van der Waals surface area contributed by atoms with Gasteiger partial charge in [-0.1, -0.05) is 11.6 Å². The molecule has 0 bridgehead atoms. The van der Waals surface area contributed by atoms with Crippen LogP contribution in [0.5, 0.6) is 11.5 Å². The van der Waals surface area contributed by atoms with E-state index in [2.05, 4.69) is 0 Å². The molecular formula is C8H8ClNO2. The summed E-state index contributed by atoms with van der Waals surface area (Å²) in [7, 11) is 0. The number of benzene rings is 1. The lowest BCUT2D eigenvalue weighted by atomic mass is 10.3. The zero-order chi connectivity index (χ0) is 8.55. The minimum Gasteiger partial charge on any atom is -0.450 e. The Morgan fingerprint density at radius 1 is 1.33 bits per heavy atom. The van der Waals surface area contributed by atoms with Gasteiger partial charge in [0.15, 0.2) is 11.5 Å². The molecule has 1 aliphatic rings. The van der Waals surface area contributed by atoms with Gasteiger partial charge in [0.2, 0.25) is 0 Å². The van der Waals surface area contributed by atoms with Crippen molar-refractivity contribution in [3.05, 3.63) is 23.2 Å². The number of ether oxygens (including phenoxy) is 2. The normalized spacial score (nSPS) is 19.7. The second-order valence-electron chi connectivity index (χ2n) is 2.49. The maximum Gasteiger partial charge on any atom is 0.253 e. The van der Waals surface area contributed by atoms with Crippen LogP contribution in [0.15, 0.2) is 18.2 Å². The Hall–Kier alpha value is -0.930. The lowest BCUT2D eigenvalue weighted by molar-refractivity contribution is 0.0581. The summed E-state index contributed by atoms with van der Waals surface area (Å²) in [6, 6.07) is 5.24. The van der Waals surface area contributed by atoms with Crippen LogP contribution in [0.4, 0.5) is 0 Å². The van der Waals surface area contributed by atoms with Gasteiger partial charge in [-0.25, -0.2) is 0 Å². The Balaban J connectivity index is 2.30. The first-order valence-electron chi connectivity index (χ1n) is 3.62. The second kappa shape index (κ2) is 2.84. The van der Waals surface area contributed by atoms with Crippen molar-refractivity contribution in [3.8, 4) is 11.5 Å². The molecule has 2 N–H and O–H groups in total. The minimum absolute atomic E-state index is 0.340. The number of halogens is 1. The zero-order valence-electron chi connectivity index (χ0n) is 6.29. The summed E-state index contributed by atoms with van der Waals surface area (Å²) in [6.45, 7) is 0.340. The third kappa shape index (κ3) is 1.21. The highest BCUT2D eigenvalue weighted by Crippen LogP contribution is 2.36. The molecule has 1 unspecified atom stereocenters. The van der Waals surface area contributed by atoms with Gasteiger partial charge in [0.25, 0.3) is 6.29 Å². The number of hydrogen-bond acceptors (Lipinski definition) is 3. The Morgan fingerprint density at radius 3 is 2.83 bits per heavy atom. The minimum atomic E-state index is -0.363. The van der Waals surface area contributed by atoms with Crippen molar-refractivity contribution in [1.82, 2.24) is 0 Å². The second-order valence-corrected chi connectivity index (χ2v) is 2.93. The van der Waals surface area contributed by atoms with Crippen LogP contribution < -0.4 is 15.2 Å². The van der Waals surface area contributed by atoms with E-state index >= 15 is 0 Å². The average molecular weight is 186 g/mol. The van der Waals surface area contributed by atoms with Gasteiger partial charge in [-0.2, -0.15) is 0 Å². The molecule has 4 heteroatoms. The molecule has 1 atom stereocenters. The molecule has 2 rings (SSSR count). The summed E-state index contributed by atoms with van der Waals surface area (Å²) in [5.41, 5.74) is 5.37. The van der Waals surface area contributed by atoms with E-state index in [9.17, 15) is 0 Å². The molecule has 64 valence electrons. The van der Waals surface area contributed by atoms with Crippen molar-refractivity contribution >= 4 is 11.6 Å². The van der Waals surface area contributed by atoms with Crippen LogP contribution >= 0.6 is 11.6 Å². The zero-order valence-corrected chi connectivity index (χ0v) is 7.04. The molecule has 3 nitrogen and oxygen atoms in total. The molecule has 0 radical (unpaired) electrons. The van der Waals surface area contributed by atoms with Crippen LogP contribution in [-0.2, 0) is 0 Å². The van der Waals surface area contributed by atoms with E-state index in [-0.39, 0.29) is 6.29 Å². The smallest absolute Gasteiger partial charge is 0.253 e. The highest BCUT2D eigenvalue weighted by Gasteiger charge is 2.22. The van der Waals surface area contributed by atoms with Gasteiger partial charge in [0.1, 0.15) is 0 Å². The summed E-state index contributed by atoms with van der Waals surface area (Å²) in [5.74, 6) is 1.37. The van der Waals surface area contributed by atoms with Crippen molar-refractivity contribution in [3.63, 3.8) is 0 Å². The molecule has 12 heavy (non-hydrogen) atoms. The number of rotatable bonds is 1. The van der Waals surface area contributed by atoms with Crippen LogP contribution in [0.2, 0.25) is 5.02 Å². The maximum atomic E-state index is 5.75. The van der Waals surface area contributed by atoms with Crippen molar-refractivity contribution in [2.45, 2.75) is 6.29 Å². The Bertz CT molecular complexity index is 303. The fourth-order valence-corrected chi connectivity index (χ4v) is 1.24. The van der Waals surface area contributed by atoms with Crippen molar-refractivity contribution in [1.29, 1.82) is 0 Å². The third-order valence-corrected chi connectivity index (χ3v) is 1.85. The summed E-state index contributed by atoms with van der Waals surface area (Å²) in [4.78, 5) is 0. The molecule has 1 heterocycles. The van der Waals surface area contributed by atoms with Gasteiger partial charge >= 0.3 is 0 Å². The highest BCUT2D eigenvalue weighted by atomic mass is 35.5. The molecule has 0 aliphatic carbocycles. The number of hydrogen-bond donors (Lipinski definition) is 1. The van der Waals surface area contributed by atoms with E-state index in [0.29, 0.717) is 23.1 Å². The van der Waals surface area contributed by atoms with Crippen LogP contribution in [0, 0.1) is 0 Å². The first-order valence-corrected chi connectivity index (χ1v) is 4.00. The fourth-order valence-electron chi connectivity index (χ4n) is 1.07. The summed E-state index contributed by atoms with van der Waals surface area (Å²) >= 11 is 5.75. The van der Waals surface area contributed by atoms with Gasteiger partial charge in [-0.05, 0) is 12.1 Å². The fraction of sp³-hybridized carbons (Fsp3) is 0.250. The molecule has 1 aromatic rings. The lowest BCUT2D eigenvalue weighted by Crippen LogP contribution is -2.27. The molecule has 0 saturated carbocycles. The monoisotopic (exact) mass is 185 g/mol. The van der Waals surface area contributed by atoms with Crippen LogP contribution in [0.3, 0.4) is 0 Å². The van der Waals surface area contributed by atoms with Crippen LogP contribution in [0.25, 0.3) is 0 Å². The topological polar surface area (TPSA) is 44.5 Å². The standard InChI is InChI=1S/C8H8ClNO2/c9-5-1-2-6-7(3-5)12-8(4-10)11-6/h1-3,8H,4,10H2. The first-order chi connectivity index (χ1) is 5.79. The van der Waals surface area contributed by atoms with E-state index in [4.69, 9.17) is 26.8 Å². The summed E-state index contributed by atoms with van der Waals surface area (Å²) < 4.78 is 10.6. The van der Waals surface area contributed by atoms with Gasteiger partial charge in [-0.15, -0.1) is 0 Å². The van der Waals surface area contributed by atoms with Crippen molar-refractivity contribution in [2.24, 2.45) is 5.73 Å². The van der Waals surface area contributed by atoms with E-state index in [1.54, 1.807) is 18.2 Å². The first kappa shape index (κ1) is 7.71. The Morgan fingerprint density at radius 2 is 2.08 bits per heavy atom. The quantitative estimate of drug-likeness (QED) is 0.719. The van der Waals surface area contributed by atoms with Gasteiger partial charge in [-0.3, -0.25) is 0 Å². The van der Waals surface area contributed by atoms with Crippen molar-refractivity contribution in [2.75, 3.05) is 6.54 Å². The molecule has 0 spiro atoms. The number of fused-ring (bicyclic) bond motifs is 1. The maximum absolute atomic E-state index is 5.75. The average Bonchev–Trinajstić information content (AvgIpc) is 2.46. The Kier molecular flexibility index (Phi) is 1.83. The molecule has 1 aromatic carbocycles. The molecular weight excluding hydrogens is 178 g/mol. The van der Waals surface area contributed by atoms with Crippen molar-refractivity contribution < 1.29 is 9.47 Å². The number of nitrogens with two attached hydrogens (primary N) is 1.